The molecule has 1 amide bonds. The fraction of sp³-hybridized carbons (Fsp3) is 0.364. The van der Waals surface area contributed by atoms with Crippen molar-refractivity contribution in [2.24, 2.45) is 0 Å². The van der Waals surface area contributed by atoms with Gasteiger partial charge >= 0.3 is 0 Å². The number of halogens is 1. The third kappa shape index (κ3) is 4.37. The number of nitrogens with zero attached hydrogens (tertiary/aromatic N) is 2. The number of carbonyl (C=O) groups is 1. The number of hydrogen-bond acceptors (Lipinski definition) is 4. The fourth-order valence-corrected chi connectivity index (χ4v) is 5.01. The molecule has 4 rings (SSSR count). The molecule has 1 fully saturated rings. The third-order valence-electron chi connectivity index (χ3n) is 5.48. The first-order chi connectivity index (χ1) is 13.6. The Hall–Kier alpha value is -1.95. The summed E-state index contributed by atoms with van der Waals surface area (Å²) in [5, 5.41) is 4.98. The molecule has 0 saturated carbocycles. The van der Waals surface area contributed by atoms with Crippen LogP contribution in [0.1, 0.15) is 36.3 Å². The largest absolute Gasteiger partial charge is 0.351 e. The van der Waals surface area contributed by atoms with Crippen LogP contribution in [0.3, 0.4) is 0 Å². The number of rotatable bonds is 5. The first-order valence-electron chi connectivity index (χ1n) is 9.72. The van der Waals surface area contributed by atoms with Crippen molar-refractivity contribution in [3.05, 3.63) is 64.1 Å². The maximum atomic E-state index is 12.5. The van der Waals surface area contributed by atoms with Gasteiger partial charge in [0.25, 0.3) is 0 Å². The Kier molecular flexibility index (Phi) is 5.95. The standard InChI is InChI=1S/C22H24ClN3OS/c1-15(21(27)24-14-16-5-3-2-4-6-16)26-11-9-17(10-12-26)22-25-19-13-18(23)7-8-20(19)28-22/h2-8,13,15,17H,9-12,14H2,1H3,(H,24,27)/t15-/m0/s1. The van der Waals surface area contributed by atoms with Crippen molar-refractivity contribution in [2.75, 3.05) is 13.1 Å². The number of amides is 1. The number of aromatic nitrogens is 1. The Morgan fingerprint density at radius 2 is 2.00 bits per heavy atom. The van der Waals surface area contributed by atoms with Crippen LogP contribution in [-0.4, -0.2) is 34.9 Å². The predicted molar refractivity (Wildman–Crippen MR) is 116 cm³/mol. The zero-order valence-electron chi connectivity index (χ0n) is 15.9. The minimum atomic E-state index is -0.112. The van der Waals surface area contributed by atoms with Crippen molar-refractivity contribution in [1.29, 1.82) is 0 Å². The minimum absolute atomic E-state index is 0.0944. The van der Waals surface area contributed by atoms with Gasteiger partial charge in [-0.3, -0.25) is 9.69 Å². The molecular weight excluding hydrogens is 390 g/mol. The Morgan fingerprint density at radius 1 is 1.25 bits per heavy atom. The molecule has 2 aromatic carbocycles. The van der Waals surface area contributed by atoms with Crippen molar-refractivity contribution >= 4 is 39.1 Å². The van der Waals surface area contributed by atoms with E-state index in [1.165, 1.54) is 9.71 Å². The average Bonchev–Trinajstić information content (AvgIpc) is 3.15. The summed E-state index contributed by atoms with van der Waals surface area (Å²) in [4.78, 5) is 19.6. The number of carbonyl (C=O) groups excluding carboxylic acids is 1. The van der Waals surface area contributed by atoms with E-state index in [1.807, 2.05) is 55.5 Å². The highest BCUT2D eigenvalue weighted by Crippen LogP contribution is 2.35. The van der Waals surface area contributed by atoms with Gasteiger partial charge in [-0.05, 0) is 56.6 Å². The molecule has 1 aliphatic heterocycles. The highest BCUT2D eigenvalue weighted by Gasteiger charge is 2.28. The van der Waals surface area contributed by atoms with E-state index in [0.717, 1.165) is 42.0 Å². The predicted octanol–water partition coefficient (Wildman–Crippen LogP) is 4.83. The highest BCUT2D eigenvalue weighted by molar-refractivity contribution is 7.18. The number of thiazole rings is 1. The summed E-state index contributed by atoms with van der Waals surface area (Å²) in [5.41, 5.74) is 2.11. The van der Waals surface area contributed by atoms with Gasteiger partial charge in [0.05, 0.1) is 21.3 Å². The quantitative estimate of drug-likeness (QED) is 0.651. The summed E-state index contributed by atoms with van der Waals surface area (Å²) in [7, 11) is 0. The second kappa shape index (κ2) is 8.60. The Labute approximate surface area is 174 Å². The number of benzene rings is 2. The topological polar surface area (TPSA) is 45.2 Å². The van der Waals surface area contributed by atoms with Gasteiger partial charge in [-0.15, -0.1) is 11.3 Å². The molecule has 1 saturated heterocycles. The van der Waals surface area contributed by atoms with Crippen LogP contribution in [0.2, 0.25) is 5.02 Å². The summed E-state index contributed by atoms with van der Waals surface area (Å²) in [6, 6.07) is 15.8. The second-order valence-electron chi connectivity index (χ2n) is 7.35. The van der Waals surface area contributed by atoms with Crippen molar-refractivity contribution in [3.8, 4) is 0 Å². The zero-order chi connectivity index (χ0) is 19.5. The molecule has 1 atom stereocenters. The lowest BCUT2D eigenvalue weighted by Crippen LogP contribution is -2.47. The summed E-state index contributed by atoms with van der Waals surface area (Å²) in [5.74, 6) is 0.559. The summed E-state index contributed by atoms with van der Waals surface area (Å²) in [6.07, 6.45) is 2.06. The van der Waals surface area contributed by atoms with Crippen molar-refractivity contribution in [2.45, 2.75) is 38.3 Å². The molecule has 0 bridgehead atoms. The van der Waals surface area contributed by atoms with Gasteiger partial charge in [0.2, 0.25) is 5.91 Å². The van der Waals surface area contributed by atoms with E-state index < -0.39 is 0 Å². The molecule has 4 nitrogen and oxygen atoms in total. The molecule has 146 valence electrons. The van der Waals surface area contributed by atoms with E-state index in [2.05, 4.69) is 10.2 Å². The SMILES string of the molecule is C[C@@H](C(=O)NCc1ccccc1)N1CCC(c2nc3cc(Cl)ccc3s2)CC1. The van der Waals surface area contributed by atoms with Crippen molar-refractivity contribution < 1.29 is 4.79 Å². The van der Waals surface area contributed by atoms with E-state index >= 15 is 0 Å². The van der Waals surface area contributed by atoms with E-state index in [0.29, 0.717) is 12.5 Å². The van der Waals surface area contributed by atoms with Gasteiger partial charge in [0, 0.05) is 17.5 Å². The van der Waals surface area contributed by atoms with Crippen LogP contribution in [-0.2, 0) is 11.3 Å². The normalized spacial score (nSPS) is 16.9. The number of hydrogen-bond donors (Lipinski definition) is 1. The lowest BCUT2D eigenvalue weighted by Gasteiger charge is -2.34. The van der Waals surface area contributed by atoms with Gasteiger partial charge in [0.1, 0.15) is 0 Å². The smallest absolute Gasteiger partial charge is 0.237 e. The molecule has 0 spiro atoms. The van der Waals surface area contributed by atoms with Gasteiger partial charge in [0.15, 0.2) is 0 Å². The van der Waals surface area contributed by atoms with Crippen LogP contribution in [0.4, 0.5) is 0 Å². The van der Waals surface area contributed by atoms with Crippen LogP contribution < -0.4 is 5.32 Å². The summed E-state index contributed by atoms with van der Waals surface area (Å²) in [6.45, 7) is 4.41. The van der Waals surface area contributed by atoms with E-state index in [-0.39, 0.29) is 11.9 Å². The Morgan fingerprint density at radius 3 is 2.75 bits per heavy atom. The average molecular weight is 414 g/mol. The van der Waals surface area contributed by atoms with Gasteiger partial charge in [-0.25, -0.2) is 4.98 Å². The second-order valence-corrected chi connectivity index (χ2v) is 8.85. The maximum absolute atomic E-state index is 12.5. The van der Waals surface area contributed by atoms with Crippen LogP contribution >= 0.6 is 22.9 Å². The molecule has 28 heavy (non-hydrogen) atoms. The molecule has 0 unspecified atom stereocenters. The number of fused-ring (bicyclic) bond motifs is 1. The molecule has 6 heteroatoms. The molecule has 1 aliphatic rings. The molecule has 1 N–H and O–H groups in total. The highest BCUT2D eigenvalue weighted by atomic mass is 35.5. The van der Waals surface area contributed by atoms with Crippen molar-refractivity contribution in [1.82, 2.24) is 15.2 Å². The molecule has 1 aromatic heterocycles. The van der Waals surface area contributed by atoms with Crippen molar-refractivity contribution in [3.63, 3.8) is 0 Å². The first-order valence-corrected chi connectivity index (χ1v) is 10.9. The van der Waals surface area contributed by atoms with Gasteiger partial charge in [-0.1, -0.05) is 41.9 Å². The van der Waals surface area contributed by atoms with Crippen LogP contribution in [0.5, 0.6) is 0 Å². The molecule has 2 heterocycles. The van der Waals surface area contributed by atoms with Crippen LogP contribution in [0.25, 0.3) is 10.2 Å². The lowest BCUT2D eigenvalue weighted by atomic mass is 9.96. The van der Waals surface area contributed by atoms with Gasteiger partial charge in [-0.2, -0.15) is 0 Å². The molecule has 3 aromatic rings. The monoisotopic (exact) mass is 413 g/mol. The minimum Gasteiger partial charge on any atom is -0.351 e. The number of likely N-dealkylation sites (tertiary alicyclic amines) is 1. The number of nitrogens with one attached hydrogen (secondary N) is 1. The zero-order valence-corrected chi connectivity index (χ0v) is 17.5. The van der Waals surface area contributed by atoms with E-state index in [9.17, 15) is 4.79 Å². The van der Waals surface area contributed by atoms with E-state index in [1.54, 1.807) is 11.3 Å². The maximum Gasteiger partial charge on any atom is 0.237 e. The summed E-state index contributed by atoms with van der Waals surface area (Å²) >= 11 is 7.85. The molecular formula is C22H24ClN3OS. The fourth-order valence-electron chi connectivity index (χ4n) is 3.73. The molecule has 0 radical (unpaired) electrons. The van der Waals surface area contributed by atoms with E-state index in [4.69, 9.17) is 16.6 Å². The number of piperidine rings is 1. The molecule has 0 aliphatic carbocycles. The van der Waals surface area contributed by atoms with Crippen LogP contribution in [0.15, 0.2) is 48.5 Å². The van der Waals surface area contributed by atoms with Gasteiger partial charge < -0.3 is 5.32 Å². The lowest BCUT2D eigenvalue weighted by molar-refractivity contribution is -0.126. The first kappa shape index (κ1) is 19.4. The van der Waals surface area contributed by atoms with Crippen LogP contribution in [0, 0.1) is 0 Å². The third-order valence-corrected chi connectivity index (χ3v) is 6.92. The summed E-state index contributed by atoms with van der Waals surface area (Å²) < 4.78 is 1.19. The Balaban J connectivity index is 1.31. The Bertz CT molecular complexity index is 951.